The summed E-state index contributed by atoms with van der Waals surface area (Å²) in [4.78, 5) is 25.1. The van der Waals surface area contributed by atoms with E-state index in [0.29, 0.717) is 6.42 Å². The van der Waals surface area contributed by atoms with Crippen LogP contribution in [0.1, 0.15) is 53.9 Å². The van der Waals surface area contributed by atoms with Crippen LogP contribution >= 0.6 is 22.6 Å². The van der Waals surface area contributed by atoms with Crippen molar-refractivity contribution < 1.29 is 19.1 Å². The number of fused-ring (bicyclic) bond motifs is 2. The zero-order valence-electron chi connectivity index (χ0n) is 13.4. The fourth-order valence-electron chi connectivity index (χ4n) is 3.13. The standard InChI is InChI=1S/C16H25IO4/c1-9-11-6-7-16(5,20-11)12(17)8-10(13(9)18)14(19)21-15(2,3)4/h9-12H,6-8H2,1-5H3/t9?,10-,11-,12+,16+/m0/s1. The molecule has 0 aromatic rings. The Morgan fingerprint density at radius 2 is 2.05 bits per heavy atom. The predicted octanol–water partition coefficient (Wildman–Crippen LogP) is 3.29. The van der Waals surface area contributed by atoms with Crippen LogP contribution in [-0.4, -0.2) is 33.0 Å². The molecule has 0 aliphatic carbocycles. The second kappa shape index (κ2) is 5.80. The maximum atomic E-state index is 12.7. The Morgan fingerprint density at radius 1 is 1.43 bits per heavy atom. The van der Waals surface area contributed by atoms with Crippen molar-refractivity contribution in [2.45, 2.75) is 75.1 Å². The molecule has 120 valence electrons. The highest BCUT2D eigenvalue weighted by atomic mass is 127. The SMILES string of the molecule is CC1C(=O)[C@@H](C(=O)OC(C)(C)C)C[C@@H](I)[C@@]2(C)CC[C@@H]1O2. The number of carbonyl (C=O) groups is 2. The first kappa shape index (κ1) is 17.2. The lowest BCUT2D eigenvalue weighted by molar-refractivity contribution is -0.166. The van der Waals surface area contributed by atoms with E-state index in [2.05, 4.69) is 29.5 Å². The summed E-state index contributed by atoms with van der Waals surface area (Å²) in [6.07, 6.45) is 2.28. The van der Waals surface area contributed by atoms with Gasteiger partial charge in [-0.2, -0.15) is 0 Å². The molecule has 5 atom stereocenters. The molecule has 5 heteroatoms. The van der Waals surface area contributed by atoms with Crippen LogP contribution in [0.4, 0.5) is 0 Å². The lowest BCUT2D eigenvalue weighted by Gasteiger charge is -2.36. The van der Waals surface area contributed by atoms with Crippen molar-refractivity contribution in [3.05, 3.63) is 0 Å². The summed E-state index contributed by atoms with van der Waals surface area (Å²) in [6.45, 7) is 9.47. The maximum absolute atomic E-state index is 12.7. The molecule has 2 fully saturated rings. The first-order chi connectivity index (χ1) is 9.53. The van der Waals surface area contributed by atoms with Gasteiger partial charge in [0.1, 0.15) is 11.5 Å². The van der Waals surface area contributed by atoms with Crippen LogP contribution in [0.3, 0.4) is 0 Å². The molecule has 21 heavy (non-hydrogen) atoms. The Bertz CT molecular complexity index is 442. The molecule has 0 saturated carbocycles. The maximum Gasteiger partial charge on any atom is 0.317 e. The van der Waals surface area contributed by atoms with Gasteiger partial charge in [-0.25, -0.2) is 0 Å². The fraction of sp³-hybridized carbons (Fsp3) is 0.875. The molecule has 0 spiro atoms. The van der Waals surface area contributed by atoms with Gasteiger partial charge in [0.25, 0.3) is 0 Å². The molecular formula is C16H25IO4. The summed E-state index contributed by atoms with van der Waals surface area (Å²) in [7, 11) is 0. The number of hydrogen-bond donors (Lipinski definition) is 0. The van der Waals surface area contributed by atoms with Gasteiger partial charge >= 0.3 is 5.97 Å². The number of hydrogen-bond acceptors (Lipinski definition) is 4. The highest BCUT2D eigenvalue weighted by Gasteiger charge is 2.50. The third-order valence-electron chi connectivity index (χ3n) is 4.49. The van der Waals surface area contributed by atoms with E-state index in [1.165, 1.54) is 0 Å². The third kappa shape index (κ3) is 3.60. The average molecular weight is 408 g/mol. The van der Waals surface area contributed by atoms with Gasteiger partial charge < -0.3 is 9.47 Å². The monoisotopic (exact) mass is 408 g/mol. The number of alkyl halides is 1. The average Bonchev–Trinajstić information content (AvgIpc) is 2.75. The van der Waals surface area contributed by atoms with Crippen LogP contribution in [0.15, 0.2) is 0 Å². The first-order valence-corrected chi connectivity index (χ1v) is 8.86. The Kier molecular flexibility index (Phi) is 4.74. The van der Waals surface area contributed by atoms with Gasteiger partial charge in [-0.3, -0.25) is 9.59 Å². The van der Waals surface area contributed by atoms with Crippen LogP contribution in [0.2, 0.25) is 0 Å². The molecule has 0 radical (unpaired) electrons. The van der Waals surface area contributed by atoms with Gasteiger partial charge in [0.2, 0.25) is 0 Å². The molecule has 4 nitrogen and oxygen atoms in total. The van der Waals surface area contributed by atoms with Crippen molar-refractivity contribution in [2.75, 3.05) is 0 Å². The van der Waals surface area contributed by atoms with E-state index in [0.717, 1.165) is 12.8 Å². The van der Waals surface area contributed by atoms with Crippen molar-refractivity contribution in [1.29, 1.82) is 0 Å². The molecular weight excluding hydrogens is 383 g/mol. The van der Waals surface area contributed by atoms with Gasteiger partial charge in [0.15, 0.2) is 5.78 Å². The van der Waals surface area contributed by atoms with E-state index >= 15 is 0 Å². The lowest BCUT2D eigenvalue weighted by Crippen LogP contribution is -2.46. The Hall–Kier alpha value is -0.170. The van der Waals surface area contributed by atoms with Gasteiger partial charge in [-0.15, -0.1) is 0 Å². The molecule has 0 N–H and O–H groups in total. The third-order valence-corrected chi connectivity index (χ3v) is 6.32. The minimum Gasteiger partial charge on any atom is -0.459 e. The summed E-state index contributed by atoms with van der Waals surface area (Å²) >= 11 is 2.32. The second-order valence-corrected chi connectivity index (χ2v) is 8.99. The second-order valence-electron chi connectivity index (χ2n) is 7.49. The number of ketones is 1. The van der Waals surface area contributed by atoms with E-state index in [4.69, 9.17) is 9.47 Å². The fourth-order valence-corrected chi connectivity index (χ4v) is 4.10. The Balaban J connectivity index is 2.24. The normalized spacial score (nSPS) is 40.6. The topological polar surface area (TPSA) is 52.6 Å². The molecule has 0 aromatic carbocycles. The van der Waals surface area contributed by atoms with Crippen LogP contribution in [0.5, 0.6) is 0 Å². The minimum absolute atomic E-state index is 0.0279. The van der Waals surface area contributed by atoms with Crippen molar-refractivity contribution >= 4 is 34.3 Å². The van der Waals surface area contributed by atoms with Gasteiger partial charge in [-0.05, 0) is 47.0 Å². The summed E-state index contributed by atoms with van der Waals surface area (Å²) in [5.74, 6) is -1.32. The van der Waals surface area contributed by atoms with Crippen LogP contribution in [-0.2, 0) is 19.1 Å². The highest BCUT2D eigenvalue weighted by molar-refractivity contribution is 14.1. The first-order valence-electron chi connectivity index (χ1n) is 7.62. The predicted molar refractivity (Wildman–Crippen MR) is 88.4 cm³/mol. The molecule has 0 amide bonds. The van der Waals surface area contributed by atoms with E-state index in [1.54, 1.807) is 0 Å². The summed E-state index contributed by atoms with van der Waals surface area (Å²) in [5.41, 5.74) is -0.802. The zero-order valence-corrected chi connectivity index (χ0v) is 15.6. The number of esters is 1. The molecule has 2 aliphatic rings. The molecule has 2 heterocycles. The number of carbonyl (C=O) groups excluding carboxylic acids is 2. The van der Waals surface area contributed by atoms with Crippen molar-refractivity contribution in [3.8, 4) is 0 Å². The Labute approximate surface area is 140 Å². The van der Waals surface area contributed by atoms with Gasteiger partial charge in [-0.1, -0.05) is 29.5 Å². The van der Waals surface area contributed by atoms with Crippen molar-refractivity contribution in [1.82, 2.24) is 0 Å². The summed E-state index contributed by atoms with van der Waals surface area (Å²) < 4.78 is 11.7. The molecule has 0 aromatic heterocycles. The molecule has 2 bridgehead atoms. The molecule has 2 saturated heterocycles. The number of ether oxygens (including phenoxy) is 2. The van der Waals surface area contributed by atoms with Crippen molar-refractivity contribution in [3.63, 3.8) is 0 Å². The van der Waals surface area contributed by atoms with E-state index < -0.39 is 11.5 Å². The quantitative estimate of drug-likeness (QED) is 0.289. The van der Waals surface area contributed by atoms with E-state index in [1.807, 2.05) is 27.7 Å². The van der Waals surface area contributed by atoms with Crippen LogP contribution < -0.4 is 0 Å². The smallest absolute Gasteiger partial charge is 0.317 e. The van der Waals surface area contributed by atoms with Gasteiger partial charge in [0, 0.05) is 9.84 Å². The van der Waals surface area contributed by atoms with Gasteiger partial charge in [0.05, 0.1) is 11.7 Å². The minimum atomic E-state index is -0.662. The molecule has 2 rings (SSSR count). The number of halogens is 1. The number of rotatable bonds is 1. The molecule has 2 aliphatic heterocycles. The molecule has 1 unspecified atom stereocenters. The van der Waals surface area contributed by atoms with Crippen molar-refractivity contribution in [2.24, 2.45) is 11.8 Å². The van der Waals surface area contributed by atoms with Crippen LogP contribution in [0.25, 0.3) is 0 Å². The summed E-state index contributed by atoms with van der Waals surface area (Å²) in [6, 6.07) is 0. The summed E-state index contributed by atoms with van der Waals surface area (Å²) in [5, 5.41) is 0. The zero-order chi connectivity index (χ0) is 16.0. The van der Waals surface area contributed by atoms with E-state index in [-0.39, 0.29) is 33.3 Å². The lowest BCUT2D eigenvalue weighted by atomic mass is 9.85. The van der Waals surface area contributed by atoms with Crippen LogP contribution in [0, 0.1) is 11.8 Å². The van der Waals surface area contributed by atoms with E-state index in [9.17, 15) is 9.59 Å². The largest absolute Gasteiger partial charge is 0.459 e. The number of Topliss-reactive ketones (excluding diaryl/α,β-unsaturated/α-hetero) is 1. The highest BCUT2D eigenvalue weighted by Crippen LogP contribution is 2.44. The Morgan fingerprint density at radius 3 is 2.62 bits per heavy atom.